The molecule has 0 aliphatic carbocycles. The molecule has 2 aromatic heterocycles. The van der Waals surface area contributed by atoms with E-state index in [2.05, 4.69) is 57.5 Å². The Bertz CT molecular complexity index is 457. The maximum atomic E-state index is 5.92. The second-order valence-corrected chi connectivity index (χ2v) is 4.54. The van der Waals surface area contributed by atoms with E-state index in [0.29, 0.717) is 11.5 Å². The van der Waals surface area contributed by atoms with Gasteiger partial charge in [-0.15, -0.1) is 10.2 Å². The summed E-state index contributed by atoms with van der Waals surface area (Å²) >= 11 is 6.69. The van der Waals surface area contributed by atoms with Crippen LogP contribution in [0.2, 0.25) is 0 Å². The van der Waals surface area contributed by atoms with E-state index in [1.165, 1.54) is 0 Å². The van der Waals surface area contributed by atoms with Crippen molar-refractivity contribution in [3.05, 3.63) is 32.7 Å². The number of H-pyrrole nitrogens is 1. The number of nitrogens with zero attached hydrogens (tertiary/aromatic N) is 4. The van der Waals surface area contributed by atoms with Gasteiger partial charge < -0.3 is 5.73 Å². The van der Waals surface area contributed by atoms with Crippen molar-refractivity contribution < 1.29 is 0 Å². The fourth-order valence-corrected chi connectivity index (χ4v) is 2.31. The van der Waals surface area contributed by atoms with Gasteiger partial charge in [-0.05, 0) is 37.9 Å². The molecule has 1 unspecified atom stereocenters. The molecule has 0 saturated heterocycles. The molecule has 6 nitrogen and oxygen atoms in total. The Hall–Kier alpha value is -0.860. The molecule has 3 N–H and O–H groups in total. The Balaban J connectivity index is 2.38. The van der Waals surface area contributed by atoms with E-state index in [9.17, 15) is 0 Å². The zero-order valence-electron chi connectivity index (χ0n) is 7.35. The molecule has 15 heavy (non-hydrogen) atoms. The highest BCUT2D eigenvalue weighted by molar-refractivity contribution is 9.11. The van der Waals surface area contributed by atoms with Crippen LogP contribution in [0.25, 0.3) is 0 Å². The summed E-state index contributed by atoms with van der Waals surface area (Å²) in [6, 6.07) is 1.37. The fraction of sp³-hybridized carbons (Fsp3) is 0.143. The molecule has 0 bridgehead atoms. The fourth-order valence-electron chi connectivity index (χ4n) is 1.08. The molecule has 0 aliphatic heterocycles. The van der Waals surface area contributed by atoms with Crippen molar-refractivity contribution >= 4 is 31.9 Å². The summed E-state index contributed by atoms with van der Waals surface area (Å²) < 4.78 is 1.67. The Morgan fingerprint density at radius 2 is 2.20 bits per heavy atom. The number of aromatic nitrogens is 5. The van der Waals surface area contributed by atoms with Crippen molar-refractivity contribution in [1.29, 1.82) is 0 Å². The summed E-state index contributed by atoms with van der Waals surface area (Å²) in [5, 5.41) is 13.4. The summed E-state index contributed by atoms with van der Waals surface area (Å²) in [5.41, 5.74) is 6.59. The van der Waals surface area contributed by atoms with Gasteiger partial charge in [-0.1, -0.05) is 5.21 Å². The zero-order chi connectivity index (χ0) is 10.8. The summed E-state index contributed by atoms with van der Waals surface area (Å²) in [5.74, 6) is 0.408. The maximum Gasteiger partial charge on any atom is 0.197 e. The van der Waals surface area contributed by atoms with Gasteiger partial charge in [0, 0.05) is 15.1 Å². The monoisotopic (exact) mass is 332 g/mol. The first-order valence-electron chi connectivity index (χ1n) is 3.98. The number of pyridine rings is 1. The normalized spacial score (nSPS) is 12.7. The lowest BCUT2D eigenvalue weighted by molar-refractivity contribution is 0.752. The van der Waals surface area contributed by atoms with Gasteiger partial charge in [0.2, 0.25) is 0 Å². The average molecular weight is 334 g/mol. The molecule has 2 aromatic rings. The van der Waals surface area contributed by atoms with Gasteiger partial charge >= 0.3 is 0 Å². The van der Waals surface area contributed by atoms with E-state index in [1.807, 2.05) is 6.07 Å². The van der Waals surface area contributed by atoms with Crippen LogP contribution in [0.1, 0.15) is 17.6 Å². The standard InChI is InChI=1S/C7H6Br2N6/c8-3-1-4(9)6(11-2-3)5(10)7-12-14-15-13-7/h1-2,5H,10H2,(H,12,13,14,15). The predicted molar refractivity (Wildman–Crippen MR) is 59.8 cm³/mol. The molecular formula is C7H6Br2N6. The average Bonchev–Trinajstić information content (AvgIpc) is 2.69. The molecule has 0 aliphatic rings. The van der Waals surface area contributed by atoms with Crippen molar-refractivity contribution in [2.45, 2.75) is 6.04 Å². The van der Waals surface area contributed by atoms with Crippen molar-refractivity contribution in [3.8, 4) is 0 Å². The highest BCUT2D eigenvalue weighted by Crippen LogP contribution is 2.25. The van der Waals surface area contributed by atoms with Gasteiger partial charge in [0.15, 0.2) is 5.82 Å². The van der Waals surface area contributed by atoms with Crippen LogP contribution < -0.4 is 5.73 Å². The van der Waals surface area contributed by atoms with E-state index < -0.39 is 6.04 Å². The number of halogens is 2. The highest BCUT2D eigenvalue weighted by Gasteiger charge is 2.17. The van der Waals surface area contributed by atoms with E-state index in [-0.39, 0.29) is 0 Å². The third kappa shape index (κ3) is 2.21. The molecule has 0 radical (unpaired) electrons. The summed E-state index contributed by atoms with van der Waals surface area (Å²) in [6.07, 6.45) is 1.67. The zero-order valence-corrected chi connectivity index (χ0v) is 10.5. The molecule has 0 saturated carbocycles. The quantitative estimate of drug-likeness (QED) is 0.860. The van der Waals surface area contributed by atoms with Crippen LogP contribution in [0.5, 0.6) is 0 Å². The van der Waals surface area contributed by atoms with Gasteiger partial charge in [0.1, 0.15) is 6.04 Å². The van der Waals surface area contributed by atoms with Crippen LogP contribution in [0, 0.1) is 0 Å². The van der Waals surface area contributed by atoms with E-state index in [0.717, 1.165) is 8.95 Å². The summed E-state index contributed by atoms with van der Waals surface area (Å²) in [7, 11) is 0. The van der Waals surface area contributed by atoms with E-state index in [1.54, 1.807) is 6.20 Å². The number of hydrogen-bond donors (Lipinski definition) is 2. The molecule has 0 aromatic carbocycles. The summed E-state index contributed by atoms with van der Waals surface area (Å²) in [6.45, 7) is 0. The SMILES string of the molecule is NC(c1nn[nH]n1)c1ncc(Br)cc1Br. The lowest BCUT2D eigenvalue weighted by Gasteiger charge is -2.08. The number of nitrogens with one attached hydrogen (secondary N) is 1. The molecule has 2 heterocycles. The molecule has 0 amide bonds. The van der Waals surface area contributed by atoms with Crippen molar-refractivity contribution in [1.82, 2.24) is 25.6 Å². The number of tetrazole rings is 1. The van der Waals surface area contributed by atoms with Gasteiger partial charge in [0.05, 0.1) is 5.69 Å². The Morgan fingerprint density at radius 3 is 2.80 bits per heavy atom. The van der Waals surface area contributed by atoms with Crippen LogP contribution in [-0.4, -0.2) is 25.6 Å². The van der Waals surface area contributed by atoms with Crippen molar-refractivity contribution in [2.75, 3.05) is 0 Å². The Labute approximate surface area is 102 Å². The van der Waals surface area contributed by atoms with E-state index in [4.69, 9.17) is 5.73 Å². The molecule has 8 heteroatoms. The second kappa shape index (κ2) is 4.33. The van der Waals surface area contributed by atoms with Gasteiger partial charge in [0.25, 0.3) is 0 Å². The Morgan fingerprint density at radius 1 is 1.40 bits per heavy atom. The van der Waals surface area contributed by atoms with Crippen LogP contribution in [0.3, 0.4) is 0 Å². The molecule has 0 fully saturated rings. The third-order valence-corrected chi connectivity index (χ3v) is 2.84. The first-order valence-corrected chi connectivity index (χ1v) is 5.57. The molecule has 0 spiro atoms. The van der Waals surface area contributed by atoms with Gasteiger partial charge in [-0.3, -0.25) is 4.98 Å². The molecule has 2 rings (SSSR count). The first-order chi connectivity index (χ1) is 7.18. The largest absolute Gasteiger partial charge is 0.316 e. The first kappa shape index (κ1) is 10.7. The van der Waals surface area contributed by atoms with E-state index >= 15 is 0 Å². The van der Waals surface area contributed by atoms with Crippen LogP contribution >= 0.6 is 31.9 Å². The number of hydrogen-bond acceptors (Lipinski definition) is 5. The number of aromatic amines is 1. The minimum Gasteiger partial charge on any atom is -0.316 e. The minimum absolute atomic E-state index is 0.408. The summed E-state index contributed by atoms with van der Waals surface area (Å²) in [4.78, 5) is 4.19. The topological polar surface area (TPSA) is 93.4 Å². The van der Waals surface area contributed by atoms with Crippen LogP contribution in [0.4, 0.5) is 0 Å². The van der Waals surface area contributed by atoms with Crippen LogP contribution in [0.15, 0.2) is 21.2 Å². The maximum absolute atomic E-state index is 5.92. The number of nitrogens with two attached hydrogens (primary N) is 1. The lowest BCUT2D eigenvalue weighted by Crippen LogP contribution is -2.16. The van der Waals surface area contributed by atoms with Crippen LogP contribution in [-0.2, 0) is 0 Å². The molecule has 78 valence electrons. The predicted octanol–water partition coefficient (Wildman–Crippen LogP) is 1.17. The molecule has 1 atom stereocenters. The lowest BCUT2D eigenvalue weighted by atomic mass is 10.2. The minimum atomic E-state index is -0.494. The highest BCUT2D eigenvalue weighted by atomic mass is 79.9. The third-order valence-electron chi connectivity index (χ3n) is 1.77. The van der Waals surface area contributed by atoms with Crippen molar-refractivity contribution in [3.63, 3.8) is 0 Å². The smallest absolute Gasteiger partial charge is 0.197 e. The van der Waals surface area contributed by atoms with Crippen molar-refractivity contribution in [2.24, 2.45) is 5.73 Å². The van der Waals surface area contributed by atoms with Gasteiger partial charge in [-0.2, -0.15) is 5.21 Å². The molecular weight excluding hydrogens is 328 g/mol. The number of rotatable bonds is 2. The Kier molecular flexibility index (Phi) is 3.08. The second-order valence-electron chi connectivity index (χ2n) is 2.77. The van der Waals surface area contributed by atoms with Gasteiger partial charge in [-0.25, -0.2) is 0 Å².